The summed E-state index contributed by atoms with van der Waals surface area (Å²) < 4.78 is 1.88. The maximum absolute atomic E-state index is 13.8. The van der Waals surface area contributed by atoms with Crippen LogP contribution in [0.25, 0.3) is 5.69 Å². The summed E-state index contributed by atoms with van der Waals surface area (Å²) in [7, 11) is 0. The molecule has 0 aliphatic carbocycles. The van der Waals surface area contributed by atoms with Crippen LogP contribution in [0.15, 0.2) is 91.1 Å². The quantitative estimate of drug-likeness (QED) is 0.383. The van der Waals surface area contributed by atoms with Gasteiger partial charge in [0.1, 0.15) is 11.8 Å². The first-order valence-corrected chi connectivity index (χ1v) is 12.4. The minimum Gasteiger partial charge on any atom is -0.335 e. The van der Waals surface area contributed by atoms with Crippen LogP contribution >= 0.6 is 0 Å². The van der Waals surface area contributed by atoms with Gasteiger partial charge in [0, 0.05) is 38.1 Å². The lowest BCUT2D eigenvalue weighted by molar-refractivity contribution is 0.0589. The van der Waals surface area contributed by atoms with Crippen molar-refractivity contribution in [1.82, 2.24) is 14.4 Å². The van der Waals surface area contributed by atoms with Crippen molar-refractivity contribution in [3.63, 3.8) is 0 Å². The van der Waals surface area contributed by atoms with E-state index in [2.05, 4.69) is 79.4 Å². The Morgan fingerprint density at radius 2 is 1.42 bits per heavy atom. The van der Waals surface area contributed by atoms with Gasteiger partial charge in [0.2, 0.25) is 0 Å². The number of piperazine rings is 1. The SMILES string of the molecule is Cc1cccc(-n2ccc(C#N)c2C(=O)N2CCN(C(c3ccccc3)c3ccccc3)CC2)c1C. The molecule has 1 aliphatic rings. The average Bonchev–Trinajstić information content (AvgIpc) is 3.35. The molecule has 0 bridgehead atoms. The molecule has 5 nitrogen and oxygen atoms in total. The highest BCUT2D eigenvalue weighted by Crippen LogP contribution is 2.30. The van der Waals surface area contributed by atoms with Crippen LogP contribution in [0, 0.1) is 25.2 Å². The molecule has 1 aliphatic heterocycles. The molecule has 5 heteroatoms. The summed E-state index contributed by atoms with van der Waals surface area (Å²) in [6, 6.07) is 31.3. The summed E-state index contributed by atoms with van der Waals surface area (Å²) in [6.07, 6.45) is 1.84. The Hall–Kier alpha value is -4.14. The molecule has 4 aromatic rings. The molecule has 2 heterocycles. The number of nitriles is 1. The van der Waals surface area contributed by atoms with Gasteiger partial charge >= 0.3 is 0 Å². The van der Waals surface area contributed by atoms with E-state index >= 15 is 0 Å². The third-order valence-electron chi connectivity index (χ3n) is 7.24. The van der Waals surface area contributed by atoms with Crippen LogP contribution in [0.1, 0.15) is 44.3 Å². The Bertz CT molecular complexity index is 1350. The number of aromatic nitrogens is 1. The predicted molar refractivity (Wildman–Crippen MR) is 142 cm³/mol. The lowest BCUT2D eigenvalue weighted by Gasteiger charge is -2.40. The van der Waals surface area contributed by atoms with Crippen LogP contribution in [-0.4, -0.2) is 46.5 Å². The summed E-state index contributed by atoms with van der Waals surface area (Å²) in [6.45, 7) is 6.84. The second kappa shape index (κ2) is 10.2. The maximum atomic E-state index is 13.8. The van der Waals surface area contributed by atoms with E-state index in [0.29, 0.717) is 24.3 Å². The van der Waals surface area contributed by atoms with Gasteiger partial charge < -0.3 is 9.47 Å². The lowest BCUT2D eigenvalue weighted by Crippen LogP contribution is -2.50. The molecule has 180 valence electrons. The van der Waals surface area contributed by atoms with Crippen LogP contribution in [0.2, 0.25) is 0 Å². The zero-order valence-electron chi connectivity index (χ0n) is 20.8. The van der Waals surface area contributed by atoms with Crippen molar-refractivity contribution in [2.75, 3.05) is 26.2 Å². The molecule has 5 rings (SSSR count). The molecule has 0 radical (unpaired) electrons. The number of benzene rings is 3. The van der Waals surface area contributed by atoms with E-state index in [1.165, 1.54) is 11.1 Å². The van der Waals surface area contributed by atoms with Crippen molar-refractivity contribution in [2.45, 2.75) is 19.9 Å². The van der Waals surface area contributed by atoms with Gasteiger partial charge in [0.15, 0.2) is 0 Å². The molecule has 0 saturated carbocycles. The van der Waals surface area contributed by atoms with Gasteiger partial charge in [-0.2, -0.15) is 5.26 Å². The third kappa shape index (κ3) is 4.44. The first-order chi connectivity index (χ1) is 17.6. The summed E-state index contributed by atoms with van der Waals surface area (Å²) in [5.41, 5.74) is 6.55. The van der Waals surface area contributed by atoms with Gasteiger partial charge in [-0.15, -0.1) is 0 Å². The highest BCUT2D eigenvalue weighted by atomic mass is 16.2. The molecular formula is C31H30N4O. The number of hydrogen-bond donors (Lipinski definition) is 0. The normalized spacial score (nSPS) is 14.1. The van der Waals surface area contributed by atoms with Crippen molar-refractivity contribution < 1.29 is 4.79 Å². The van der Waals surface area contributed by atoms with E-state index < -0.39 is 0 Å². The lowest BCUT2D eigenvalue weighted by atomic mass is 9.96. The molecule has 0 atom stereocenters. The van der Waals surface area contributed by atoms with E-state index in [4.69, 9.17) is 0 Å². The zero-order chi connectivity index (χ0) is 25.1. The number of nitrogens with zero attached hydrogens (tertiary/aromatic N) is 4. The predicted octanol–water partition coefficient (Wildman–Crippen LogP) is 5.51. The topological polar surface area (TPSA) is 52.3 Å². The van der Waals surface area contributed by atoms with E-state index in [1.54, 1.807) is 6.07 Å². The molecule has 0 N–H and O–H groups in total. The molecule has 36 heavy (non-hydrogen) atoms. The molecule has 0 spiro atoms. The minimum absolute atomic E-state index is 0.0897. The molecule has 1 amide bonds. The van der Waals surface area contributed by atoms with Crippen LogP contribution in [-0.2, 0) is 0 Å². The summed E-state index contributed by atoms with van der Waals surface area (Å²) in [5, 5.41) is 9.77. The summed E-state index contributed by atoms with van der Waals surface area (Å²) in [5.74, 6) is -0.0897. The molecule has 1 fully saturated rings. The molecule has 1 saturated heterocycles. The monoisotopic (exact) mass is 474 g/mol. The third-order valence-corrected chi connectivity index (χ3v) is 7.24. The molecule has 0 unspecified atom stereocenters. The van der Waals surface area contributed by atoms with Gasteiger partial charge in [-0.25, -0.2) is 0 Å². The largest absolute Gasteiger partial charge is 0.335 e. The molecular weight excluding hydrogens is 444 g/mol. The first kappa shape index (κ1) is 23.6. The van der Waals surface area contributed by atoms with Crippen molar-refractivity contribution in [3.8, 4) is 11.8 Å². The molecule has 3 aromatic carbocycles. The highest BCUT2D eigenvalue weighted by Gasteiger charge is 2.31. The number of carbonyl (C=O) groups excluding carboxylic acids is 1. The fourth-order valence-electron chi connectivity index (χ4n) is 5.16. The van der Waals surface area contributed by atoms with Crippen molar-refractivity contribution in [1.29, 1.82) is 5.26 Å². The number of rotatable bonds is 5. The van der Waals surface area contributed by atoms with E-state index in [1.807, 2.05) is 39.9 Å². The Morgan fingerprint density at radius 3 is 2.00 bits per heavy atom. The van der Waals surface area contributed by atoms with Gasteiger partial charge in [-0.05, 0) is 48.2 Å². The van der Waals surface area contributed by atoms with Crippen LogP contribution in [0.4, 0.5) is 0 Å². The Balaban J connectivity index is 1.40. The number of aryl methyl sites for hydroxylation is 1. The standard InChI is InChI=1S/C31H30N4O/c1-23-10-9-15-28(24(23)2)35-17-16-27(22-32)30(35)31(36)34-20-18-33(19-21-34)29(25-11-5-3-6-12-25)26-13-7-4-8-14-26/h3-17,29H,18-21H2,1-2H3. The van der Waals surface area contributed by atoms with Crippen LogP contribution in [0.3, 0.4) is 0 Å². The Kier molecular flexibility index (Phi) is 6.71. The fraction of sp³-hybridized carbons (Fsp3) is 0.226. The average molecular weight is 475 g/mol. The highest BCUT2D eigenvalue weighted by molar-refractivity contribution is 5.96. The van der Waals surface area contributed by atoms with Gasteiger partial charge in [0.25, 0.3) is 5.91 Å². The van der Waals surface area contributed by atoms with Crippen molar-refractivity contribution >= 4 is 5.91 Å². The van der Waals surface area contributed by atoms with Gasteiger partial charge in [0.05, 0.1) is 11.6 Å². The van der Waals surface area contributed by atoms with E-state index in [9.17, 15) is 10.1 Å². The number of amides is 1. The smallest absolute Gasteiger partial charge is 0.272 e. The summed E-state index contributed by atoms with van der Waals surface area (Å²) in [4.78, 5) is 18.1. The van der Waals surface area contributed by atoms with Crippen molar-refractivity contribution in [2.24, 2.45) is 0 Å². The first-order valence-electron chi connectivity index (χ1n) is 12.4. The number of carbonyl (C=O) groups is 1. The van der Waals surface area contributed by atoms with Gasteiger partial charge in [-0.3, -0.25) is 9.69 Å². The maximum Gasteiger partial charge on any atom is 0.272 e. The fourth-order valence-corrected chi connectivity index (χ4v) is 5.16. The van der Waals surface area contributed by atoms with E-state index in [0.717, 1.165) is 29.9 Å². The van der Waals surface area contributed by atoms with Gasteiger partial charge in [-0.1, -0.05) is 72.8 Å². The summed E-state index contributed by atoms with van der Waals surface area (Å²) >= 11 is 0. The van der Waals surface area contributed by atoms with E-state index in [-0.39, 0.29) is 11.9 Å². The minimum atomic E-state index is -0.0897. The second-order valence-electron chi connectivity index (χ2n) is 9.33. The van der Waals surface area contributed by atoms with Crippen LogP contribution in [0.5, 0.6) is 0 Å². The molecule has 1 aromatic heterocycles. The Labute approximate surface area is 212 Å². The van der Waals surface area contributed by atoms with Crippen LogP contribution < -0.4 is 0 Å². The van der Waals surface area contributed by atoms with Crippen molar-refractivity contribution in [3.05, 3.63) is 125 Å². The second-order valence-corrected chi connectivity index (χ2v) is 9.33. The Morgan fingerprint density at radius 1 is 0.806 bits per heavy atom. The zero-order valence-corrected chi connectivity index (χ0v) is 20.8. The number of hydrogen-bond acceptors (Lipinski definition) is 3.